The maximum Gasteiger partial charge on any atom is 0.410 e. The highest BCUT2D eigenvalue weighted by Gasteiger charge is 2.28. The van der Waals surface area contributed by atoms with Gasteiger partial charge in [-0.25, -0.2) is 18.5 Å². The van der Waals surface area contributed by atoms with Crippen molar-refractivity contribution in [2.75, 3.05) is 13.1 Å². The predicted molar refractivity (Wildman–Crippen MR) is 109 cm³/mol. The molecule has 1 fully saturated rings. The Bertz CT molecular complexity index is 1090. The molecule has 160 valence electrons. The number of ether oxygens (including phenoxy) is 1. The quantitative estimate of drug-likeness (QED) is 0.633. The second-order valence-electron chi connectivity index (χ2n) is 8.24. The van der Waals surface area contributed by atoms with Crippen LogP contribution in [0.15, 0.2) is 35.7 Å². The zero-order valence-electron chi connectivity index (χ0n) is 17.1. The van der Waals surface area contributed by atoms with Gasteiger partial charge in [0.25, 0.3) is 0 Å². The van der Waals surface area contributed by atoms with Gasteiger partial charge in [-0.15, -0.1) is 0 Å². The van der Waals surface area contributed by atoms with E-state index in [2.05, 4.69) is 15.2 Å². The third-order valence-electron chi connectivity index (χ3n) is 4.90. The molecular formula is C19H24N6O4S. The lowest BCUT2D eigenvalue weighted by atomic mass is 10.1. The molecule has 0 bridgehead atoms. The second-order valence-corrected chi connectivity index (χ2v) is 9.16. The molecule has 1 amide bonds. The largest absolute Gasteiger partial charge is 0.444 e. The van der Waals surface area contributed by atoms with Crippen molar-refractivity contribution in [2.24, 2.45) is 0 Å². The molecule has 30 heavy (non-hydrogen) atoms. The molecule has 4 rings (SSSR count). The Balaban J connectivity index is 1.46. The maximum atomic E-state index is 12.2. The molecule has 10 nitrogen and oxygen atoms in total. The minimum Gasteiger partial charge on any atom is -0.444 e. The van der Waals surface area contributed by atoms with E-state index in [1.165, 1.54) is 10.7 Å². The molecule has 1 N–H and O–H groups in total. The van der Waals surface area contributed by atoms with E-state index < -0.39 is 16.7 Å². The van der Waals surface area contributed by atoms with Crippen molar-refractivity contribution >= 4 is 22.8 Å². The van der Waals surface area contributed by atoms with Crippen molar-refractivity contribution in [3.63, 3.8) is 0 Å². The molecule has 1 unspecified atom stereocenters. The fraction of sp³-hybridized carbons (Fsp3) is 0.474. The van der Waals surface area contributed by atoms with E-state index in [1.807, 2.05) is 31.6 Å². The first-order valence-corrected chi connectivity index (χ1v) is 10.8. The van der Waals surface area contributed by atoms with Crippen molar-refractivity contribution in [1.82, 2.24) is 29.3 Å². The van der Waals surface area contributed by atoms with E-state index in [0.29, 0.717) is 24.4 Å². The molecule has 1 aliphatic heterocycles. The Labute approximate surface area is 176 Å². The molecular weight excluding hydrogens is 408 g/mol. The minimum atomic E-state index is -2.18. The van der Waals surface area contributed by atoms with Crippen LogP contribution < -0.4 is 0 Å². The lowest BCUT2D eigenvalue weighted by Crippen LogP contribution is -2.42. The zero-order valence-corrected chi connectivity index (χ0v) is 17.9. The summed E-state index contributed by atoms with van der Waals surface area (Å²) in [6.45, 7) is 6.80. The summed E-state index contributed by atoms with van der Waals surface area (Å²) in [7, 11) is 0. The summed E-state index contributed by atoms with van der Waals surface area (Å²) in [5.41, 5.74) is 1.42. The Kier molecular flexibility index (Phi) is 5.33. The molecule has 0 aliphatic carbocycles. The summed E-state index contributed by atoms with van der Waals surface area (Å²) < 4.78 is 29.5. The average molecular weight is 433 g/mol. The number of carbonyl (C=O) groups is 1. The van der Waals surface area contributed by atoms with Crippen molar-refractivity contribution in [2.45, 2.75) is 50.3 Å². The van der Waals surface area contributed by atoms with Crippen LogP contribution in [0.4, 0.5) is 4.79 Å². The summed E-state index contributed by atoms with van der Waals surface area (Å²) >= 11 is -2.18. The van der Waals surface area contributed by atoms with Crippen LogP contribution in [-0.4, -0.2) is 62.8 Å². The van der Waals surface area contributed by atoms with Gasteiger partial charge in [-0.2, -0.15) is 10.2 Å². The lowest BCUT2D eigenvalue weighted by molar-refractivity contribution is 0.0185. The van der Waals surface area contributed by atoms with Crippen LogP contribution in [-0.2, 0) is 15.8 Å². The highest BCUT2D eigenvalue weighted by molar-refractivity contribution is 7.79. The Morgan fingerprint density at radius 1 is 1.23 bits per heavy atom. The number of hydrogen-bond acceptors (Lipinski definition) is 6. The number of likely N-dealkylation sites (tertiary alicyclic amines) is 1. The van der Waals surface area contributed by atoms with Crippen molar-refractivity contribution < 1.29 is 18.3 Å². The minimum absolute atomic E-state index is 0.119. The number of nitrogens with zero attached hydrogens (tertiary/aromatic N) is 6. The summed E-state index contributed by atoms with van der Waals surface area (Å²) in [5.74, 6) is 0. The van der Waals surface area contributed by atoms with Gasteiger partial charge in [-0.3, -0.25) is 4.68 Å². The molecule has 0 radical (unpaired) electrons. The van der Waals surface area contributed by atoms with Gasteiger partial charge in [0.15, 0.2) is 10.7 Å². The summed E-state index contributed by atoms with van der Waals surface area (Å²) in [5, 5.41) is 9.03. The van der Waals surface area contributed by atoms with Crippen LogP contribution in [0, 0.1) is 0 Å². The van der Waals surface area contributed by atoms with Gasteiger partial charge in [0.2, 0.25) is 11.1 Å². The van der Waals surface area contributed by atoms with Crippen LogP contribution in [0.2, 0.25) is 0 Å². The number of hydrogen-bond donors (Lipinski definition) is 1. The van der Waals surface area contributed by atoms with Crippen molar-refractivity contribution in [3.05, 3.63) is 30.7 Å². The van der Waals surface area contributed by atoms with Gasteiger partial charge in [-0.1, -0.05) is 0 Å². The highest BCUT2D eigenvalue weighted by atomic mass is 32.2. The fourth-order valence-electron chi connectivity index (χ4n) is 3.43. The third kappa shape index (κ3) is 4.21. The molecule has 1 saturated heterocycles. The monoisotopic (exact) mass is 432 g/mol. The maximum absolute atomic E-state index is 12.2. The SMILES string of the molecule is CC(C)(C)OC(=O)N1CCC(n2cc(-c3ccc4ncc(S(=O)O)n4n3)cn2)CC1. The van der Waals surface area contributed by atoms with Gasteiger partial charge in [0, 0.05) is 24.8 Å². The first kappa shape index (κ1) is 20.5. The number of amides is 1. The molecule has 0 aromatic carbocycles. The first-order valence-electron chi connectivity index (χ1n) is 9.69. The molecule has 3 aromatic rings. The number of imidazole rings is 1. The third-order valence-corrected chi connectivity index (χ3v) is 5.53. The topological polar surface area (TPSA) is 115 Å². The molecule has 11 heteroatoms. The fourth-order valence-corrected chi connectivity index (χ4v) is 3.86. The molecule has 0 spiro atoms. The molecule has 4 heterocycles. The van der Waals surface area contributed by atoms with E-state index in [1.54, 1.807) is 23.2 Å². The van der Waals surface area contributed by atoms with Crippen LogP contribution in [0.1, 0.15) is 39.7 Å². The van der Waals surface area contributed by atoms with E-state index in [4.69, 9.17) is 4.74 Å². The standard InChI is InChI=1S/C19H24N6O4S/c1-19(2,3)29-18(26)23-8-6-14(7-9-23)24-12-13(10-21-24)15-4-5-16-20-11-17(30(27)28)25(16)22-15/h4-5,10-12,14H,6-9H2,1-3H3,(H,27,28). The number of aromatic nitrogens is 5. The number of fused-ring (bicyclic) bond motifs is 1. The van der Waals surface area contributed by atoms with Crippen LogP contribution in [0.5, 0.6) is 0 Å². The molecule has 1 atom stereocenters. The predicted octanol–water partition coefficient (Wildman–Crippen LogP) is 2.75. The van der Waals surface area contributed by atoms with E-state index in [-0.39, 0.29) is 17.2 Å². The molecule has 0 saturated carbocycles. The second kappa shape index (κ2) is 7.80. The van der Waals surface area contributed by atoms with E-state index >= 15 is 0 Å². The number of rotatable bonds is 3. The Morgan fingerprint density at radius 2 is 1.97 bits per heavy atom. The first-order chi connectivity index (χ1) is 14.2. The van der Waals surface area contributed by atoms with Gasteiger partial charge in [0.1, 0.15) is 5.60 Å². The van der Waals surface area contributed by atoms with E-state index in [9.17, 15) is 13.6 Å². The van der Waals surface area contributed by atoms with Crippen LogP contribution >= 0.6 is 0 Å². The Morgan fingerprint density at radius 3 is 2.63 bits per heavy atom. The average Bonchev–Trinajstić information content (AvgIpc) is 3.33. The van der Waals surface area contributed by atoms with E-state index in [0.717, 1.165) is 18.4 Å². The summed E-state index contributed by atoms with van der Waals surface area (Å²) in [6, 6.07) is 3.73. The normalized spacial score (nSPS) is 16.7. The van der Waals surface area contributed by atoms with Crippen LogP contribution in [0.3, 0.4) is 0 Å². The Hall–Kier alpha value is -2.79. The van der Waals surface area contributed by atoms with Gasteiger partial charge >= 0.3 is 6.09 Å². The number of carbonyl (C=O) groups excluding carboxylic acids is 1. The van der Waals surface area contributed by atoms with Gasteiger partial charge in [0.05, 0.1) is 24.1 Å². The zero-order chi connectivity index (χ0) is 21.5. The van der Waals surface area contributed by atoms with Crippen molar-refractivity contribution in [3.8, 4) is 11.3 Å². The summed E-state index contributed by atoms with van der Waals surface area (Å²) in [6.07, 6.45) is 6.25. The number of piperidine rings is 1. The lowest BCUT2D eigenvalue weighted by Gasteiger charge is -2.33. The highest BCUT2D eigenvalue weighted by Crippen LogP contribution is 2.26. The summed E-state index contributed by atoms with van der Waals surface area (Å²) in [4.78, 5) is 18.0. The van der Waals surface area contributed by atoms with Gasteiger partial charge in [-0.05, 0) is 45.7 Å². The van der Waals surface area contributed by atoms with Crippen molar-refractivity contribution in [1.29, 1.82) is 0 Å². The molecule has 1 aliphatic rings. The van der Waals surface area contributed by atoms with Gasteiger partial charge < -0.3 is 14.2 Å². The smallest absolute Gasteiger partial charge is 0.410 e. The molecule has 3 aromatic heterocycles. The van der Waals surface area contributed by atoms with Crippen LogP contribution in [0.25, 0.3) is 16.9 Å².